The second-order valence-corrected chi connectivity index (χ2v) is 5.92. The van der Waals surface area contributed by atoms with Crippen molar-refractivity contribution < 1.29 is 4.79 Å². The van der Waals surface area contributed by atoms with Gasteiger partial charge in [-0.3, -0.25) is 9.78 Å². The molecule has 0 bridgehead atoms. The van der Waals surface area contributed by atoms with Gasteiger partial charge in [0.25, 0.3) is 0 Å². The van der Waals surface area contributed by atoms with Crippen molar-refractivity contribution in [3.63, 3.8) is 0 Å². The number of carbonyl (C=O) groups is 1. The van der Waals surface area contributed by atoms with Gasteiger partial charge in [-0.2, -0.15) is 0 Å². The first-order chi connectivity index (χ1) is 13.0. The second kappa shape index (κ2) is 9.38. The van der Waals surface area contributed by atoms with Crippen LogP contribution in [0.5, 0.6) is 0 Å². The van der Waals surface area contributed by atoms with Crippen LogP contribution in [0.25, 0.3) is 17.0 Å². The van der Waals surface area contributed by atoms with Crippen LogP contribution < -0.4 is 16.8 Å². The Morgan fingerprint density at radius 3 is 2.56 bits per heavy atom. The smallest absolute Gasteiger partial charge is 0.230 e. The minimum Gasteiger partial charge on any atom is -0.402 e. The Kier molecular flexibility index (Phi) is 6.94. The number of nitrogens with two attached hydrogens (primary N) is 2. The predicted octanol–water partition coefficient (Wildman–Crippen LogP) is 4.34. The summed E-state index contributed by atoms with van der Waals surface area (Å²) in [5.74, 6) is -0.155. The molecule has 5 heteroatoms. The molecule has 3 aromatic rings. The molecule has 0 spiro atoms. The average molecular weight is 362 g/mol. The van der Waals surface area contributed by atoms with Gasteiger partial charge in [0.15, 0.2) is 0 Å². The van der Waals surface area contributed by atoms with Crippen LogP contribution in [0.1, 0.15) is 32.0 Å². The van der Waals surface area contributed by atoms with Crippen LogP contribution >= 0.6 is 0 Å². The fraction of sp³-hybridized carbons (Fsp3) is 0.182. The summed E-state index contributed by atoms with van der Waals surface area (Å²) in [5.41, 5.74) is 15.9. The van der Waals surface area contributed by atoms with Gasteiger partial charge in [-0.05, 0) is 37.3 Å². The monoisotopic (exact) mass is 362 g/mol. The number of allylic oxidation sites excluding steroid dienone is 1. The van der Waals surface area contributed by atoms with Gasteiger partial charge in [0, 0.05) is 22.3 Å². The van der Waals surface area contributed by atoms with Crippen LogP contribution in [0.15, 0.2) is 60.3 Å². The van der Waals surface area contributed by atoms with E-state index in [1.54, 1.807) is 31.2 Å². The van der Waals surface area contributed by atoms with Crippen LogP contribution in [0.4, 0.5) is 11.4 Å². The van der Waals surface area contributed by atoms with Crippen LogP contribution in [0, 0.1) is 0 Å². The van der Waals surface area contributed by atoms with Crippen LogP contribution in [-0.2, 0) is 11.2 Å². The molecule has 5 nitrogen and oxygen atoms in total. The molecular weight excluding hydrogens is 336 g/mol. The Balaban J connectivity index is 0.00000126. The summed E-state index contributed by atoms with van der Waals surface area (Å²) in [4.78, 5) is 17.0. The van der Waals surface area contributed by atoms with E-state index in [0.29, 0.717) is 28.3 Å². The van der Waals surface area contributed by atoms with Crippen molar-refractivity contribution in [2.45, 2.75) is 27.2 Å². The Morgan fingerprint density at radius 1 is 1.07 bits per heavy atom. The van der Waals surface area contributed by atoms with E-state index in [4.69, 9.17) is 11.5 Å². The number of rotatable bonds is 4. The van der Waals surface area contributed by atoms with E-state index >= 15 is 0 Å². The van der Waals surface area contributed by atoms with Crippen molar-refractivity contribution in [1.29, 1.82) is 0 Å². The third-order valence-electron chi connectivity index (χ3n) is 3.78. The Hall–Kier alpha value is -3.34. The van der Waals surface area contributed by atoms with E-state index in [1.807, 2.05) is 50.2 Å². The molecule has 5 N–H and O–H groups in total. The van der Waals surface area contributed by atoms with Crippen molar-refractivity contribution in [2.75, 3.05) is 11.1 Å². The number of para-hydroxylation sites is 1. The number of hydrogen-bond donors (Lipinski definition) is 3. The first kappa shape index (κ1) is 20.0. The maximum atomic E-state index is 12.4. The number of aromatic nitrogens is 1. The molecule has 0 aliphatic carbocycles. The molecule has 0 aliphatic heterocycles. The number of nitrogens with one attached hydrogen (secondary N) is 1. The fourth-order valence-corrected chi connectivity index (χ4v) is 2.65. The van der Waals surface area contributed by atoms with E-state index in [-0.39, 0.29) is 12.3 Å². The van der Waals surface area contributed by atoms with Crippen molar-refractivity contribution >= 4 is 34.3 Å². The first-order valence-corrected chi connectivity index (χ1v) is 9.00. The molecule has 3 rings (SSSR count). The van der Waals surface area contributed by atoms with Gasteiger partial charge in [0.1, 0.15) is 0 Å². The SMILES string of the molecule is C/C(N)=C/c1c(N)cccc1NC(=O)Cc1ccc2ccccc2n1.CC. The molecule has 0 saturated carbocycles. The van der Waals surface area contributed by atoms with Crippen molar-refractivity contribution in [1.82, 2.24) is 4.98 Å². The van der Waals surface area contributed by atoms with Crippen molar-refractivity contribution in [3.05, 3.63) is 71.6 Å². The molecule has 1 amide bonds. The van der Waals surface area contributed by atoms with Crippen LogP contribution in [0.3, 0.4) is 0 Å². The summed E-state index contributed by atoms with van der Waals surface area (Å²) >= 11 is 0. The highest BCUT2D eigenvalue weighted by molar-refractivity contribution is 5.96. The topological polar surface area (TPSA) is 94.0 Å². The number of anilines is 2. The zero-order valence-corrected chi connectivity index (χ0v) is 16.0. The minimum atomic E-state index is -0.155. The quantitative estimate of drug-likeness (QED) is 0.602. The van der Waals surface area contributed by atoms with Gasteiger partial charge in [0.2, 0.25) is 5.91 Å². The van der Waals surface area contributed by atoms with E-state index in [9.17, 15) is 4.79 Å². The van der Waals surface area contributed by atoms with Gasteiger partial charge in [-0.25, -0.2) is 0 Å². The zero-order valence-electron chi connectivity index (χ0n) is 16.0. The lowest BCUT2D eigenvalue weighted by Crippen LogP contribution is -2.16. The summed E-state index contributed by atoms with van der Waals surface area (Å²) in [5, 5.41) is 3.94. The van der Waals surface area contributed by atoms with Gasteiger partial charge < -0.3 is 16.8 Å². The molecule has 1 heterocycles. The predicted molar refractivity (Wildman–Crippen MR) is 114 cm³/mol. The van der Waals surface area contributed by atoms with Crippen LogP contribution in [-0.4, -0.2) is 10.9 Å². The van der Waals surface area contributed by atoms with E-state index in [1.165, 1.54) is 0 Å². The lowest BCUT2D eigenvalue weighted by atomic mass is 10.1. The lowest BCUT2D eigenvalue weighted by molar-refractivity contribution is -0.115. The largest absolute Gasteiger partial charge is 0.402 e. The third kappa shape index (κ3) is 5.31. The lowest BCUT2D eigenvalue weighted by Gasteiger charge is -2.11. The summed E-state index contributed by atoms with van der Waals surface area (Å²) in [6, 6.07) is 17.0. The van der Waals surface area contributed by atoms with Crippen LogP contribution in [0.2, 0.25) is 0 Å². The third-order valence-corrected chi connectivity index (χ3v) is 3.78. The molecule has 1 aromatic heterocycles. The number of carbonyl (C=O) groups excluding carboxylic acids is 1. The van der Waals surface area contributed by atoms with Gasteiger partial charge in [-0.15, -0.1) is 0 Å². The Bertz CT molecular complexity index is 959. The number of nitrogens with zero attached hydrogens (tertiary/aromatic N) is 1. The average Bonchev–Trinajstić information content (AvgIpc) is 2.66. The molecule has 0 aliphatic rings. The molecule has 2 aromatic carbocycles. The van der Waals surface area contributed by atoms with E-state index in [0.717, 1.165) is 10.9 Å². The highest BCUT2D eigenvalue weighted by Gasteiger charge is 2.10. The second-order valence-electron chi connectivity index (χ2n) is 5.92. The first-order valence-electron chi connectivity index (χ1n) is 9.00. The molecule has 140 valence electrons. The van der Waals surface area contributed by atoms with Gasteiger partial charge in [-0.1, -0.05) is 44.2 Å². The summed E-state index contributed by atoms with van der Waals surface area (Å²) < 4.78 is 0. The van der Waals surface area contributed by atoms with Crippen molar-refractivity contribution in [3.8, 4) is 0 Å². The molecular formula is C22H26N4O. The van der Waals surface area contributed by atoms with E-state index in [2.05, 4.69) is 10.3 Å². The van der Waals surface area contributed by atoms with Crippen molar-refractivity contribution in [2.24, 2.45) is 5.73 Å². The highest BCUT2D eigenvalue weighted by Crippen LogP contribution is 2.24. The molecule has 0 radical (unpaired) electrons. The number of nitrogen functional groups attached to an aromatic ring is 1. The Morgan fingerprint density at radius 2 is 1.81 bits per heavy atom. The number of fused-ring (bicyclic) bond motifs is 1. The maximum absolute atomic E-state index is 12.4. The Labute approximate surface area is 160 Å². The van der Waals surface area contributed by atoms with Gasteiger partial charge >= 0.3 is 0 Å². The number of pyridine rings is 1. The zero-order chi connectivity index (χ0) is 19.8. The summed E-state index contributed by atoms with van der Waals surface area (Å²) in [7, 11) is 0. The normalized spacial score (nSPS) is 10.9. The molecule has 27 heavy (non-hydrogen) atoms. The highest BCUT2D eigenvalue weighted by atomic mass is 16.1. The number of hydrogen-bond acceptors (Lipinski definition) is 4. The maximum Gasteiger partial charge on any atom is 0.230 e. The van der Waals surface area contributed by atoms with Gasteiger partial charge in [0.05, 0.1) is 23.3 Å². The summed E-state index contributed by atoms with van der Waals surface area (Å²) in [6.45, 7) is 5.77. The molecule has 0 saturated heterocycles. The minimum absolute atomic E-state index is 0.155. The standard InChI is InChI=1S/C20H20N4O.C2H6/c1-13(21)11-16-17(22)6-4-8-19(16)24-20(25)12-15-10-9-14-5-2-3-7-18(14)23-15;1-2/h2-11H,12,21-22H2,1H3,(H,24,25);1-2H3/b13-11-;. The molecule has 0 unspecified atom stereocenters. The molecule has 0 fully saturated rings. The van der Waals surface area contributed by atoms with E-state index < -0.39 is 0 Å². The fourth-order valence-electron chi connectivity index (χ4n) is 2.65. The number of benzene rings is 2. The number of amides is 1. The molecule has 0 atom stereocenters. The summed E-state index contributed by atoms with van der Waals surface area (Å²) in [6.07, 6.45) is 1.93.